The first-order chi connectivity index (χ1) is 7.19. The van der Waals surface area contributed by atoms with Gasteiger partial charge < -0.3 is 11.1 Å². The van der Waals surface area contributed by atoms with E-state index in [1.54, 1.807) is 0 Å². The summed E-state index contributed by atoms with van der Waals surface area (Å²) in [6.07, 6.45) is 2.62. The van der Waals surface area contributed by atoms with E-state index in [4.69, 9.17) is 5.73 Å². The van der Waals surface area contributed by atoms with Gasteiger partial charge in [0.2, 0.25) is 0 Å². The third kappa shape index (κ3) is 2.95. The highest BCUT2D eigenvalue weighted by Crippen LogP contribution is 2.33. The van der Waals surface area contributed by atoms with Gasteiger partial charge in [0.25, 0.3) is 0 Å². The van der Waals surface area contributed by atoms with Gasteiger partial charge in [-0.2, -0.15) is 0 Å². The molecule has 0 radical (unpaired) electrons. The number of anilines is 1. The summed E-state index contributed by atoms with van der Waals surface area (Å²) >= 11 is 3.45. The van der Waals surface area contributed by atoms with Crippen molar-refractivity contribution >= 4 is 21.6 Å². The number of benzene rings is 1. The van der Waals surface area contributed by atoms with Gasteiger partial charge in [0, 0.05) is 22.7 Å². The molecule has 1 aliphatic rings. The van der Waals surface area contributed by atoms with Crippen molar-refractivity contribution in [1.82, 2.24) is 5.32 Å². The first kappa shape index (κ1) is 11.0. The quantitative estimate of drug-likeness (QED) is 0.825. The van der Waals surface area contributed by atoms with Crippen LogP contribution >= 0.6 is 15.9 Å². The van der Waals surface area contributed by atoms with Crippen LogP contribution in [0.2, 0.25) is 0 Å². The molecule has 3 heteroatoms. The Balaban J connectivity index is 1.88. The van der Waals surface area contributed by atoms with Gasteiger partial charge in [0.1, 0.15) is 0 Å². The Morgan fingerprint density at radius 1 is 1.47 bits per heavy atom. The maximum absolute atomic E-state index is 5.78. The monoisotopic (exact) mass is 268 g/mol. The number of halogens is 1. The lowest BCUT2D eigenvalue weighted by Crippen LogP contribution is -2.17. The first-order valence-electron chi connectivity index (χ1n) is 5.47. The molecule has 1 aliphatic carbocycles. The second kappa shape index (κ2) is 4.54. The Labute approximate surface area is 99.4 Å². The van der Waals surface area contributed by atoms with Crippen molar-refractivity contribution in [1.29, 1.82) is 0 Å². The maximum atomic E-state index is 5.78. The van der Waals surface area contributed by atoms with Crippen LogP contribution in [-0.4, -0.2) is 6.04 Å². The maximum Gasteiger partial charge on any atom is 0.0328 e. The molecule has 15 heavy (non-hydrogen) atoms. The molecule has 1 fully saturated rings. The van der Waals surface area contributed by atoms with E-state index in [2.05, 4.69) is 34.2 Å². The Kier molecular flexibility index (Phi) is 3.32. The summed E-state index contributed by atoms with van der Waals surface area (Å²) in [6, 6.07) is 6.80. The van der Waals surface area contributed by atoms with Gasteiger partial charge in [-0.25, -0.2) is 0 Å². The summed E-state index contributed by atoms with van der Waals surface area (Å²) in [7, 11) is 0. The Hall–Kier alpha value is -0.540. The van der Waals surface area contributed by atoms with Crippen LogP contribution in [-0.2, 0) is 6.54 Å². The molecule has 1 aromatic carbocycles. The van der Waals surface area contributed by atoms with Crippen molar-refractivity contribution in [3.8, 4) is 0 Å². The molecule has 0 amide bonds. The number of hydrogen-bond donors (Lipinski definition) is 2. The van der Waals surface area contributed by atoms with Crippen molar-refractivity contribution in [2.24, 2.45) is 5.92 Å². The third-order valence-electron chi connectivity index (χ3n) is 3.00. The molecule has 0 saturated heterocycles. The molecule has 2 atom stereocenters. The van der Waals surface area contributed by atoms with E-state index >= 15 is 0 Å². The summed E-state index contributed by atoms with van der Waals surface area (Å²) in [6.45, 7) is 3.17. The minimum Gasteiger partial charge on any atom is -0.399 e. The zero-order valence-corrected chi connectivity index (χ0v) is 10.5. The van der Waals surface area contributed by atoms with E-state index in [0.29, 0.717) is 0 Å². The molecule has 3 N–H and O–H groups in total. The van der Waals surface area contributed by atoms with Gasteiger partial charge in [-0.05, 0) is 36.1 Å². The lowest BCUT2D eigenvalue weighted by molar-refractivity contribution is 0.623. The number of rotatable bonds is 4. The molecular weight excluding hydrogens is 252 g/mol. The lowest BCUT2D eigenvalue weighted by atomic mass is 10.2. The van der Waals surface area contributed by atoms with Gasteiger partial charge in [-0.1, -0.05) is 29.3 Å². The van der Waals surface area contributed by atoms with Gasteiger partial charge in [-0.3, -0.25) is 0 Å². The van der Waals surface area contributed by atoms with Crippen LogP contribution in [0.25, 0.3) is 0 Å². The molecular formula is C12H17BrN2. The predicted molar refractivity (Wildman–Crippen MR) is 67.6 cm³/mol. The molecule has 0 aromatic heterocycles. The van der Waals surface area contributed by atoms with E-state index in [1.807, 2.05) is 12.1 Å². The molecule has 2 unspecified atom stereocenters. The standard InChI is InChI=1S/C12H17BrN2/c1-2-9-5-12(9)15-7-8-3-10(13)6-11(14)4-8/h3-4,6,9,12,15H,2,5,7,14H2,1H3. The van der Waals surface area contributed by atoms with E-state index in [-0.39, 0.29) is 0 Å². The molecule has 0 heterocycles. The van der Waals surface area contributed by atoms with Crippen molar-refractivity contribution < 1.29 is 0 Å². The number of nitrogen functional groups attached to an aromatic ring is 1. The van der Waals surface area contributed by atoms with Crippen molar-refractivity contribution in [3.63, 3.8) is 0 Å². The molecule has 2 rings (SSSR count). The van der Waals surface area contributed by atoms with Crippen LogP contribution in [0, 0.1) is 5.92 Å². The highest BCUT2D eigenvalue weighted by atomic mass is 79.9. The Bertz CT molecular complexity index is 331. The molecule has 0 aliphatic heterocycles. The molecule has 0 spiro atoms. The van der Waals surface area contributed by atoms with Gasteiger partial charge in [-0.15, -0.1) is 0 Å². The van der Waals surface area contributed by atoms with E-state index in [0.717, 1.165) is 28.7 Å². The molecule has 1 aromatic rings. The van der Waals surface area contributed by atoms with Crippen LogP contribution in [0.4, 0.5) is 5.69 Å². The lowest BCUT2D eigenvalue weighted by Gasteiger charge is -2.05. The largest absolute Gasteiger partial charge is 0.399 e. The fraction of sp³-hybridized carbons (Fsp3) is 0.500. The minimum absolute atomic E-state index is 0.732. The number of hydrogen-bond acceptors (Lipinski definition) is 2. The van der Waals surface area contributed by atoms with Gasteiger partial charge in [0.15, 0.2) is 0 Å². The molecule has 2 nitrogen and oxygen atoms in total. The zero-order chi connectivity index (χ0) is 10.8. The topological polar surface area (TPSA) is 38.0 Å². The third-order valence-corrected chi connectivity index (χ3v) is 3.45. The average Bonchev–Trinajstić information content (AvgIpc) is 2.91. The summed E-state index contributed by atoms with van der Waals surface area (Å²) in [5.74, 6) is 0.898. The summed E-state index contributed by atoms with van der Waals surface area (Å²) in [5, 5.41) is 3.55. The minimum atomic E-state index is 0.732. The molecule has 0 bridgehead atoms. The van der Waals surface area contributed by atoms with Crippen LogP contribution in [0.15, 0.2) is 22.7 Å². The van der Waals surface area contributed by atoms with E-state index in [1.165, 1.54) is 18.4 Å². The second-order valence-electron chi connectivity index (χ2n) is 4.28. The van der Waals surface area contributed by atoms with Crippen molar-refractivity contribution in [3.05, 3.63) is 28.2 Å². The SMILES string of the molecule is CCC1CC1NCc1cc(N)cc(Br)c1. The smallest absolute Gasteiger partial charge is 0.0328 e. The first-order valence-corrected chi connectivity index (χ1v) is 6.26. The van der Waals surface area contributed by atoms with Gasteiger partial charge in [0.05, 0.1) is 0 Å². The van der Waals surface area contributed by atoms with Crippen LogP contribution in [0.3, 0.4) is 0 Å². The highest BCUT2D eigenvalue weighted by molar-refractivity contribution is 9.10. The summed E-state index contributed by atoms with van der Waals surface area (Å²) < 4.78 is 1.06. The van der Waals surface area contributed by atoms with Crippen LogP contribution in [0.5, 0.6) is 0 Å². The zero-order valence-electron chi connectivity index (χ0n) is 8.96. The van der Waals surface area contributed by atoms with Gasteiger partial charge >= 0.3 is 0 Å². The summed E-state index contributed by atoms with van der Waals surface area (Å²) in [5.41, 5.74) is 7.85. The number of nitrogens with two attached hydrogens (primary N) is 1. The fourth-order valence-electron chi connectivity index (χ4n) is 1.98. The molecule has 1 saturated carbocycles. The second-order valence-corrected chi connectivity index (χ2v) is 5.20. The van der Waals surface area contributed by atoms with Crippen LogP contribution in [0.1, 0.15) is 25.3 Å². The van der Waals surface area contributed by atoms with E-state index in [9.17, 15) is 0 Å². The normalized spacial score (nSPS) is 24.1. The average molecular weight is 269 g/mol. The van der Waals surface area contributed by atoms with Crippen LogP contribution < -0.4 is 11.1 Å². The van der Waals surface area contributed by atoms with Crippen molar-refractivity contribution in [2.75, 3.05) is 5.73 Å². The fourth-order valence-corrected chi connectivity index (χ4v) is 2.53. The number of nitrogens with one attached hydrogen (secondary N) is 1. The molecule has 82 valence electrons. The van der Waals surface area contributed by atoms with Crippen molar-refractivity contribution in [2.45, 2.75) is 32.4 Å². The highest BCUT2D eigenvalue weighted by Gasteiger charge is 2.34. The Morgan fingerprint density at radius 2 is 2.27 bits per heavy atom. The van der Waals surface area contributed by atoms with E-state index < -0.39 is 0 Å². The Morgan fingerprint density at radius 3 is 2.87 bits per heavy atom. The summed E-state index contributed by atoms with van der Waals surface area (Å²) in [4.78, 5) is 0. The predicted octanol–water partition coefficient (Wildman–Crippen LogP) is 2.92.